The summed E-state index contributed by atoms with van der Waals surface area (Å²) in [6.07, 6.45) is 1.62. The molecule has 1 aliphatic rings. The second-order valence-corrected chi connectivity index (χ2v) is 4.91. The molecule has 0 bridgehead atoms. The minimum absolute atomic E-state index is 0.115. The average molecular weight is 197 g/mol. The third kappa shape index (κ3) is 3.28. The van der Waals surface area contributed by atoms with Gasteiger partial charge in [0.05, 0.1) is 23.7 Å². The van der Waals surface area contributed by atoms with Crippen molar-refractivity contribution in [2.24, 2.45) is 5.41 Å². The number of hydrogen-bond acceptors (Lipinski definition) is 3. The molecular weight excluding hydrogens is 178 g/mol. The quantitative estimate of drug-likeness (QED) is 0.696. The summed E-state index contributed by atoms with van der Waals surface area (Å²) in [7, 11) is 0. The van der Waals surface area contributed by atoms with Crippen LogP contribution in [0.25, 0.3) is 0 Å². The van der Waals surface area contributed by atoms with E-state index in [1.165, 1.54) is 0 Å². The highest BCUT2D eigenvalue weighted by Gasteiger charge is 2.35. The van der Waals surface area contributed by atoms with Gasteiger partial charge in [-0.3, -0.25) is 0 Å². The summed E-state index contributed by atoms with van der Waals surface area (Å²) < 4.78 is 10.9. The minimum atomic E-state index is -0.286. The predicted octanol–water partition coefficient (Wildman–Crippen LogP) is 2.12. The number of nitriles is 1. The van der Waals surface area contributed by atoms with Crippen LogP contribution in [0.15, 0.2) is 0 Å². The fraction of sp³-hybridized carbons (Fsp3) is 0.909. The van der Waals surface area contributed by atoms with Crippen LogP contribution in [0.3, 0.4) is 0 Å². The summed E-state index contributed by atoms with van der Waals surface area (Å²) in [6.45, 7) is 7.99. The lowest BCUT2D eigenvalue weighted by molar-refractivity contribution is -0.0145. The Hall–Kier alpha value is -0.590. The van der Waals surface area contributed by atoms with Crippen molar-refractivity contribution >= 4 is 0 Å². The molecule has 0 N–H and O–H groups in total. The first kappa shape index (κ1) is 11.5. The summed E-state index contributed by atoms with van der Waals surface area (Å²) in [5, 5.41) is 9.06. The van der Waals surface area contributed by atoms with E-state index in [0.717, 1.165) is 12.8 Å². The lowest BCUT2D eigenvalue weighted by atomic mass is 9.86. The van der Waals surface area contributed by atoms with Gasteiger partial charge in [-0.25, -0.2) is 0 Å². The molecule has 0 aromatic heterocycles. The Morgan fingerprint density at radius 3 is 2.64 bits per heavy atom. The highest BCUT2D eigenvalue weighted by molar-refractivity contribution is 5.01. The van der Waals surface area contributed by atoms with Crippen LogP contribution in [0.5, 0.6) is 0 Å². The van der Waals surface area contributed by atoms with Crippen LogP contribution < -0.4 is 0 Å². The Labute approximate surface area is 86.0 Å². The molecule has 1 fully saturated rings. The largest absolute Gasteiger partial charge is 0.380 e. The number of rotatable bonds is 3. The highest BCUT2D eigenvalue weighted by atomic mass is 16.5. The third-order valence-corrected chi connectivity index (χ3v) is 2.46. The van der Waals surface area contributed by atoms with Crippen molar-refractivity contribution in [3.05, 3.63) is 0 Å². The standard InChI is InChI=1S/C11H19NO2/c1-10(2,3)14-7-5-11(8-12)4-6-13-9-11/h4-7,9H2,1-3H3. The molecule has 3 heteroatoms. The lowest BCUT2D eigenvalue weighted by Gasteiger charge is -2.23. The van der Waals surface area contributed by atoms with Gasteiger partial charge in [0.1, 0.15) is 0 Å². The monoisotopic (exact) mass is 197 g/mol. The van der Waals surface area contributed by atoms with Gasteiger partial charge in [0.2, 0.25) is 0 Å². The van der Waals surface area contributed by atoms with Crippen LogP contribution in [0, 0.1) is 16.7 Å². The molecule has 0 saturated carbocycles. The van der Waals surface area contributed by atoms with Crippen molar-refractivity contribution in [1.82, 2.24) is 0 Å². The highest BCUT2D eigenvalue weighted by Crippen LogP contribution is 2.31. The van der Waals surface area contributed by atoms with E-state index in [4.69, 9.17) is 14.7 Å². The molecule has 0 radical (unpaired) electrons. The zero-order valence-corrected chi connectivity index (χ0v) is 9.30. The van der Waals surface area contributed by atoms with Crippen LogP contribution >= 0.6 is 0 Å². The SMILES string of the molecule is CC(C)(C)OCCC1(C#N)CCOC1. The van der Waals surface area contributed by atoms with Crippen molar-refractivity contribution in [3.8, 4) is 6.07 Å². The van der Waals surface area contributed by atoms with Gasteiger partial charge >= 0.3 is 0 Å². The van der Waals surface area contributed by atoms with Crippen molar-refractivity contribution in [3.63, 3.8) is 0 Å². The fourth-order valence-corrected chi connectivity index (χ4v) is 1.50. The van der Waals surface area contributed by atoms with Crippen LogP contribution in [-0.4, -0.2) is 25.4 Å². The zero-order valence-electron chi connectivity index (χ0n) is 9.30. The van der Waals surface area contributed by atoms with E-state index in [1.54, 1.807) is 0 Å². The van der Waals surface area contributed by atoms with E-state index < -0.39 is 0 Å². The maximum Gasteiger partial charge on any atom is 0.0850 e. The molecule has 1 atom stereocenters. The van der Waals surface area contributed by atoms with Crippen LogP contribution in [-0.2, 0) is 9.47 Å². The fourth-order valence-electron chi connectivity index (χ4n) is 1.50. The predicted molar refractivity (Wildman–Crippen MR) is 53.8 cm³/mol. The lowest BCUT2D eigenvalue weighted by Crippen LogP contribution is -2.25. The van der Waals surface area contributed by atoms with Crippen LogP contribution in [0.2, 0.25) is 0 Å². The number of nitrogens with zero attached hydrogens (tertiary/aromatic N) is 1. The van der Waals surface area contributed by atoms with Gasteiger partial charge in [0, 0.05) is 13.2 Å². The van der Waals surface area contributed by atoms with Crippen LogP contribution in [0.1, 0.15) is 33.6 Å². The minimum Gasteiger partial charge on any atom is -0.380 e. The molecule has 14 heavy (non-hydrogen) atoms. The smallest absolute Gasteiger partial charge is 0.0850 e. The summed E-state index contributed by atoms with van der Waals surface area (Å²) >= 11 is 0. The topological polar surface area (TPSA) is 42.2 Å². The Morgan fingerprint density at radius 1 is 1.50 bits per heavy atom. The maximum atomic E-state index is 9.06. The first-order valence-corrected chi connectivity index (χ1v) is 5.10. The molecule has 80 valence electrons. The van der Waals surface area contributed by atoms with E-state index in [-0.39, 0.29) is 11.0 Å². The van der Waals surface area contributed by atoms with Crippen molar-refractivity contribution in [2.75, 3.05) is 19.8 Å². The van der Waals surface area contributed by atoms with E-state index >= 15 is 0 Å². The van der Waals surface area contributed by atoms with Gasteiger partial charge in [-0.15, -0.1) is 0 Å². The molecule has 0 spiro atoms. The van der Waals surface area contributed by atoms with Gasteiger partial charge in [-0.2, -0.15) is 5.26 Å². The van der Waals surface area contributed by atoms with E-state index in [0.29, 0.717) is 19.8 Å². The Bertz CT molecular complexity index is 218. The second kappa shape index (κ2) is 4.29. The molecule has 1 unspecified atom stereocenters. The van der Waals surface area contributed by atoms with Gasteiger partial charge in [-0.05, 0) is 33.6 Å². The maximum absolute atomic E-state index is 9.06. The van der Waals surface area contributed by atoms with Crippen LogP contribution in [0.4, 0.5) is 0 Å². The molecule has 0 aliphatic carbocycles. The average Bonchev–Trinajstić information content (AvgIpc) is 2.52. The van der Waals surface area contributed by atoms with Gasteiger partial charge in [0.15, 0.2) is 0 Å². The molecule has 3 nitrogen and oxygen atoms in total. The molecule has 1 heterocycles. The number of ether oxygens (including phenoxy) is 2. The molecule has 0 aromatic carbocycles. The van der Waals surface area contributed by atoms with Gasteiger partial charge in [-0.1, -0.05) is 0 Å². The molecule has 0 amide bonds. The van der Waals surface area contributed by atoms with Crippen molar-refractivity contribution < 1.29 is 9.47 Å². The first-order valence-electron chi connectivity index (χ1n) is 5.10. The summed E-state index contributed by atoms with van der Waals surface area (Å²) in [5.74, 6) is 0. The molecule has 0 aromatic rings. The zero-order chi connectivity index (χ0) is 10.7. The molecule has 1 aliphatic heterocycles. The van der Waals surface area contributed by atoms with Crippen molar-refractivity contribution in [1.29, 1.82) is 5.26 Å². The molecule has 1 rings (SSSR count). The normalized spacial score (nSPS) is 27.6. The van der Waals surface area contributed by atoms with Gasteiger partial charge < -0.3 is 9.47 Å². The van der Waals surface area contributed by atoms with Crippen molar-refractivity contribution in [2.45, 2.75) is 39.2 Å². The molecule has 1 saturated heterocycles. The van der Waals surface area contributed by atoms with Gasteiger partial charge in [0.25, 0.3) is 0 Å². The third-order valence-electron chi connectivity index (χ3n) is 2.46. The van der Waals surface area contributed by atoms with E-state index in [1.807, 2.05) is 20.8 Å². The summed E-state index contributed by atoms with van der Waals surface area (Å²) in [4.78, 5) is 0. The summed E-state index contributed by atoms with van der Waals surface area (Å²) in [5.41, 5.74) is -0.401. The summed E-state index contributed by atoms with van der Waals surface area (Å²) in [6, 6.07) is 2.36. The number of hydrogen-bond donors (Lipinski definition) is 0. The van der Waals surface area contributed by atoms with E-state index in [2.05, 4.69) is 6.07 Å². The van der Waals surface area contributed by atoms with E-state index in [9.17, 15) is 0 Å². The Kier molecular flexibility index (Phi) is 3.52. The molecular formula is C11H19NO2. The Balaban J connectivity index is 2.33. The second-order valence-electron chi connectivity index (χ2n) is 4.91. The first-order chi connectivity index (χ1) is 6.47. The Morgan fingerprint density at radius 2 is 2.21 bits per heavy atom.